The second kappa shape index (κ2) is 9.13. The molecule has 3 aromatic heterocycles. The highest BCUT2D eigenvalue weighted by atomic mass is 32.1. The smallest absolute Gasteiger partial charge is 0.253 e. The maximum absolute atomic E-state index is 12.8. The molecule has 168 valence electrons. The number of fused-ring (bicyclic) bond motifs is 1. The first-order chi connectivity index (χ1) is 16.1. The molecule has 0 atom stereocenters. The molecule has 0 spiro atoms. The van der Waals surface area contributed by atoms with Crippen LogP contribution in [0.15, 0.2) is 54.7 Å². The zero-order chi connectivity index (χ0) is 22.8. The molecule has 1 amide bonds. The summed E-state index contributed by atoms with van der Waals surface area (Å²) in [5.41, 5.74) is 8.10. The minimum atomic E-state index is -0.0128. The van der Waals surface area contributed by atoms with Crippen molar-refractivity contribution in [3.8, 4) is 11.4 Å². The summed E-state index contributed by atoms with van der Waals surface area (Å²) in [6.45, 7) is 3.36. The highest BCUT2D eigenvalue weighted by Crippen LogP contribution is 2.35. The van der Waals surface area contributed by atoms with Crippen molar-refractivity contribution in [1.82, 2.24) is 19.9 Å². The minimum absolute atomic E-state index is 0.0128. The number of rotatable bonds is 5. The number of aromatic nitrogens is 3. The highest BCUT2D eigenvalue weighted by molar-refractivity contribution is 7.19. The van der Waals surface area contributed by atoms with Crippen LogP contribution in [0.3, 0.4) is 0 Å². The lowest BCUT2D eigenvalue weighted by atomic mass is 10.2. The number of carbonyl (C=O) groups excluding carboxylic acids is 1. The second-order valence-corrected chi connectivity index (χ2v) is 9.03. The third kappa shape index (κ3) is 4.50. The molecule has 1 aliphatic heterocycles. The van der Waals surface area contributed by atoms with Crippen molar-refractivity contribution in [2.24, 2.45) is 0 Å². The highest BCUT2D eigenvalue weighted by Gasteiger charge is 2.21. The summed E-state index contributed by atoms with van der Waals surface area (Å²) in [6, 6.07) is 15.0. The van der Waals surface area contributed by atoms with Gasteiger partial charge in [0.2, 0.25) is 0 Å². The molecule has 1 aromatic carbocycles. The summed E-state index contributed by atoms with van der Waals surface area (Å²) >= 11 is 1.63. The van der Waals surface area contributed by atoms with E-state index in [1.165, 1.54) is 0 Å². The number of pyridine rings is 1. The van der Waals surface area contributed by atoms with Gasteiger partial charge in [0, 0.05) is 42.3 Å². The van der Waals surface area contributed by atoms with E-state index in [-0.39, 0.29) is 5.91 Å². The van der Waals surface area contributed by atoms with E-state index in [2.05, 4.69) is 16.0 Å². The zero-order valence-electron chi connectivity index (χ0n) is 18.3. The molecule has 2 N–H and O–H groups in total. The molecule has 0 aliphatic carbocycles. The molecule has 1 fully saturated rings. The monoisotopic (exact) mass is 460 g/mol. The minimum Gasteiger partial charge on any atom is -0.384 e. The van der Waals surface area contributed by atoms with Crippen LogP contribution >= 0.6 is 11.3 Å². The predicted octanol–water partition coefficient (Wildman–Crippen LogP) is 3.44. The van der Waals surface area contributed by atoms with Crippen LogP contribution in [0.2, 0.25) is 0 Å². The summed E-state index contributed by atoms with van der Waals surface area (Å²) in [5.74, 6) is 1.94. The molecule has 0 unspecified atom stereocenters. The van der Waals surface area contributed by atoms with Crippen molar-refractivity contribution in [3.05, 3.63) is 65.2 Å². The average molecular weight is 461 g/mol. The Morgan fingerprint density at radius 3 is 2.67 bits per heavy atom. The first-order valence-electron chi connectivity index (χ1n) is 10.7. The van der Waals surface area contributed by atoms with Crippen LogP contribution in [-0.4, -0.2) is 59.1 Å². The van der Waals surface area contributed by atoms with Gasteiger partial charge in [0.05, 0.1) is 30.0 Å². The van der Waals surface area contributed by atoms with Crippen molar-refractivity contribution in [2.75, 3.05) is 44.0 Å². The topological polar surface area (TPSA) is 97.5 Å². The lowest BCUT2D eigenvalue weighted by Gasteiger charge is -2.28. The van der Waals surface area contributed by atoms with Gasteiger partial charge in [0.25, 0.3) is 5.91 Å². The van der Waals surface area contributed by atoms with Gasteiger partial charge >= 0.3 is 0 Å². The Bertz CT molecular complexity index is 1270. The Labute approximate surface area is 195 Å². The number of nitrogen functional groups attached to an aromatic ring is 1. The van der Waals surface area contributed by atoms with Crippen molar-refractivity contribution >= 4 is 39.1 Å². The zero-order valence-corrected chi connectivity index (χ0v) is 19.1. The van der Waals surface area contributed by atoms with Gasteiger partial charge in [0.1, 0.15) is 5.82 Å². The lowest BCUT2D eigenvalue weighted by molar-refractivity contribution is 0.0786. The fourth-order valence-electron chi connectivity index (χ4n) is 3.81. The first-order valence-corrected chi connectivity index (χ1v) is 11.6. The van der Waals surface area contributed by atoms with Crippen LogP contribution in [0.1, 0.15) is 15.2 Å². The fraction of sp³-hybridized carbons (Fsp3) is 0.250. The summed E-state index contributed by atoms with van der Waals surface area (Å²) in [4.78, 5) is 31.7. The van der Waals surface area contributed by atoms with Gasteiger partial charge in [-0.1, -0.05) is 18.2 Å². The third-order valence-electron chi connectivity index (χ3n) is 5.52. The second-order valence-electron chi connectivity index (χ2n) is 7.90. The van der Waals surface area contributed by atoms with Crippen LogP contribution in [-0.2, 0) is 11.3 Å². The number of hydrogen-bond donors (Lipinski definition) is 1. The van der Waals surface area contributed by atoms with Gasteiger partial charge in [-0.15, -0.1) is 11.3 Å². The Balaban J connectivity index is 1.51. The van der Waals surface area contributed by atoms with Crippen molar-refractivity contribution < 1.29 is 9.53 Å². The molecule has 1 aliphatic rings. The summed E-state index contributed by atoms with van der Waals surface area (Å²) in [5, 5.41) is 0. The number of anilines is 2. The summed E-state index contributed by atoms with van der Waals surface area (Å²) in [7, 11) is 1.82. The van der Waals surface area contributed by atoms with Gasteiger partial charge in [-0.05, 0) is 30.3 Å². The normalized spacial score (nSPS) is 13.9. The molecule has 9 heteroatoms. The SMILES string of the molecule is CN(Cc1cc2nc(-c3ccc(N)nc3)nc(N3CCOCC3)c2s1)C(=O)c1ccccc1. The quantitative estimate of drug-likeness (QED) is 0.487. The van der Waals surface area contributed by atoms with Crippen LogP contribution in [0, 0.1) is 0 Å². The summed E-state index contributed by atoms with van der Waals surface area (Å²) in [6.07, 6.45) is 1.69. The van der Waals surface area contributed by atoms with Crippen molar-refractivity contribution in [2.45, 2.75) is 6.54 Å². The Morgan fingerprint density at radius 2 is 1.94 bits per heavy atom. The van der Waals surface area contributed by atoms with Gasteiger partial charge in [0.15, 0.2) is 11.6 Å². The number of morpholine rings is 1. The number of hydrogen-bond acceptors (Lipinski definition) is 8. The largest absolute Gasteiger partial charge is 0.384 e. The number of carbonyl (C=O) groups is 1. The van der Waals surface area contributed by atoms with E-state index in [1.807, 2.05) is 43.4 Å². The molecule has 0 bridgehead atoms. The number of nitrogens with two attached hydrogens (primary N) is 1. The van der Waals surface area contributed by atoms with E-state index >= 15 is 0 Å². The molecule has 1 saturated heterocycles. The first kappa shape index (κ1) is 21.3. The third-order valence-corrected chi connectivity index (χ3v) is 6.63. The van der Waals surface area contributed by atoms with Crippen LogP contribution in [0.25, 0.3) is 21.6 Å². The molecule has 33 heavy (non-hydrogen) atoms. The van der Waals surface area contributed by atoms with Gasteiger partial charge < -0.3 is 20.3 Å². The molecule has 0 radical (unpaired) electrons. The predicted molar refractivity (Wildman–Crippen MR) is 130 cm³/mol. The standard InChI is InChI=1S/C24H24N6O2S/c1-29(24(31)16-5-3-2-4-6-16)15-18-13-19-21(33-18)23(30-9-11-32-12-10-30)28-22(27-19)17-7-8-20(25)26-14-17/h2-8,13-14H,9-12,15H2,1H3,(H2,25,26). The van der Waals surface area contributed by atoms with E-state index in [1.54, 1.807) is 28.5 Å². The molecule has 4 heterocycles. The van der Waals surface area contributed by atoms with Crippen LogP contribution in [0.4, 0.5) is 11.6 Å². The molecule has 4 aromatic rings. The van der Waals surface area contributed by atoms with Gasteiger partial charge in [-0.2, -0.15) is 0 Å². The Kier molecular flexibility index (Phi) is 5.89. The number of thiophene rings is 1. The molecule has 0 saturated carbocycles. The summed E-state index contributed by atoms with van der Waals surface area (Å²) < 4.78 is 6.55. The maximum atomic E-state index is 12.8. The number of nitrogens with zero attached hydrogens (tertiary/aromatic N) is 5. The molecular weight excluding hydrogens is 436 g/mol. The number of benzene rings is 1. The lowest BCUT2D eigenvalue weighted by Crippen LogP contribution is -2.36. The Hall–Kier alpha value is -3.56. The van der Waals surface area contributed by atoms with Crippen molar-refractivity contribution in [1.29, 1.82) is 0 Å². The van der Waals surface area contributed by atoms with E-state index in [9.17, 15) is 4.79 Å². The number of ether oxygens (including phenoxy) is 1. The van der Waals surface area contributed by atoms with E-state index in [0.29, 0.717) is 37.0 Å². The number of amides is 1. The fourth-order valence-corrected chi connectivity index (χ4v) is 4.97. The Morgan fingerprint density at radius 1 is 1.15 bits per heavy atom. The molecule has 8 nitrogen and oxygen atoms in total. The molecule has 5 rings (SSSR count). The van der Waals surface area contributed by atoms with Gasteiger partial charge in [-0.25, -0.2) is 15.0 Å². The van der Waals surface area contributed by atoms with E-state index in [0.717, 1.165) is 39.6 Å². The maximum Gasteiger partial charge on any atom is 0.253 e. The molecular formula is C24H24N6O2S. The van der Waals surface area contributed by atoms with Gasteiger partial charge in [-0.3, -0.25) is 4.79 Å². The van der Waals surface area contributed by atoms with E-state index in [4.69, 9.17) is 20.4 Å². The average Bonchev–Trinajstić information content (AvgIpc) is 3.26. The van der Waals surface area contributed by atoms with Crippen LogP contribution in [0.5, 0.6) is 0 Å². The van der Waals surface area contributed by atoms with E-state index < -0.39 is 0 Å². The van der Waals surface area contributed by atoms with Crippen molar-refractivity contribution in [3.63, 3.8) is 0 Å². The van der Waals surface area contributed by atoms with Crippen LogP contribution < -0.4 is 10.6 Å².